The van der Waals surface area contributed by atoms with Gasteiger partial charge in [-0.3, -0.25) is 4.79 Å². The van der Waals surface area contributed by atoms with Gasteiger partial charge in [-0.15, -0.1) is 11.3 Å². The highest BCUT2D eigenvalue weighted by molar-refractivity contribution is 9.11. The molecule has 1 saturated heterocycles. The van der Waals surface area contributed by atoms with Crippen LogP contribution in [-0.2, 0) is 14.8 Å². The van der Waals surface area contributed by atoms with Crippen LogP contribution in [-0.4, -0.2) is 49.7 Å². The minimum Gasteiger partial charge on any atom is -0.457 e. The molecule has 4 rings (SSSR count). The highest BCUT2D eigenvalue weighted by Crippen LogP contribution is 2.29. The number of carbonyl (C=O) groups excluding carboxylic acids is 1. The van der Waals surface area contributed by atoms with E-state index >= 15 is 0 Å². The number of sulfonamides is 1. The first-order valence-electron chi connectivity index (χ1n) is 8.64. The molecule has 6 nitrogen and oxygen atoms in total. The van der Waals surface area contributed by atoms with Crippen molar-refractivity contribution in [2.45, 2.75) is 4.21 Å². The van der Waals surface area contributed by atoms with E-state index in [0.717, 1.165) is 14.8 Å². The number of halogens is 1. The van der Waals surface area contributed by atoms with Crippen LogP contribution in [0.1, 0.15) is 5.76 Å². The predicted octanol–water partition coefficient (Wildman–Crippen LogP) is 3.80. The minimum atomic E-state index is -3.51. The van der Waals surface area contributed by atoms with Gasteiger partial charge in [-0.1, -0.05) is 18.2 Å². The Kier molecular flexibility index (Phi) is 5.42. The summed E-state index contributed by atoms with van der Waals surface area (Å²) in [4.78, 5) is 14.1. The summed E-state index contributed by atoms with van der Waals surface area (Å²) in [6, 6.07) is 12.8. The van der Waals surface area contributed by atoms with Crippen molar-refractivity contribution >= 4 is 60.2 Å². The molecule has 3 aromatic rings. The molecule has 3 heterocycles. The molecule has 0 saturated carbocycles. The molecule has 2 aromatic heterocycles. The van der Waals surface area contributed by atoms with Crippen LogP contribution >= 0.6 is 27.3 Å². The fourth-order valence-corrected chi connectivity index (χ4v) is 6.64. The van der Waals surface area contributed by atoms with Crippen molar-refractivity contribution < 1.29 is 17.6 Å². The van der Waals surface area contributed by atoms with Crippen LogP contribution < -0.4 is 0 Å². The Bertz CT molecular complexity index is 1110. The van der Waals surface area contributed by atoms with Crippen LogP contribution in [0, 0.1) is 0 Å². The largest absolute Gasteiger partial charge is 0.457 e. The highest BCUT2D eigenvalue weighted by atomic mass is 79.9. The van der Waals surface area contributed by atoms with Crippen LogP contribution in [0.15, 0.2) is 61.0 Å². The molecule has 146 valence electrons. The van der Waals surface area contributed by atoms with Crippen LogP contribution in [0.3, 0.4) is 0 Å². The van der Waals surface area contributed by atoms with Gasteiger partial charge in [-0.2, -0.15) is 4.31 Å². The number of nitrogens with zero attached hydrogens (tertiary/aromatic N) is 2. The molecule has 0 radical (unpaired) electrons. The van der Waals surface area contributed by atoms with Crippen molar-refractivity contribution in [1.29, 1.82) is 0 Å². The number of para-hydroxylation sites is 1. The minimum absolute atomic E-state index is 0.156. The molecule has 0 unspecified atom stereocenters. The SMILES string of the molecule is O=C(/C=C/c1cc2ccccc2o1)N1CCN(S(=O)(=O)c2ccc(Br)s2)CC1. The third kappa shape index (κ3) is 3.93. The van der Waals surface area contributed by atoms with Gasteiger partial charge in [0.2, 0.25) is 5.91 Å². The monoisotopic (exact) mass is 480 g/mol. The van der Waals surface area contributed by atoms with Gasteiger partial charge in [-0.25, -0.2) is 8.42 Å². The standard InChI is InChI=1S/C19H17BrN2O4S2/c20-17-6-8-19(27-17)28(24,25)22-11-9-21(10-12-22)18(23)7-5-15-13-14-3-1-2-4-16(14)26-15/h1-8,13H,9-12H2/b7-5+. The van der Waals surface area contributed by atoms with E-state index in [4.69, 9.17) is 4.42 Å². The normalized spacial score (nSPS) is 16.2. The van der Waals surface area contributed by atoms with Gasteiger partial charge in [0.15, 0.2) is 0 Å². The molecule has 0 aliphatic carbocycles. The van der Waals surface area contributed by atoms with Gasteiger partial charge >= 0.3 is 0 Å². The second kappa shape index (κ2) is 7.82. The summed E-state index contributed by atoms with van der Waals surface area (Å²) in [6.07, 6.45) is 3.12. The molecule has 0 bridgehead atoms. The summed E-state index contributed by atoms with van der Waals surface area (Å²) in [6.45, 7) is 1.27. The Labute approximate surface area is 175 Å². The number of fused-ring (bicyclic) bond motifs is 1. The molecule has 0 N–H and O–H groups in total. The van der Waals surface area contributed by atoms with E-state index in [9.17, 15) is 13.2 Å². The van der Waals surface area contributed by atoms with Crippen molar-refractivity contribution in [3.05, 3.63) is 58.1 Å². The van der Waals surface area contributed by atoms with E-state index in [1.165, 1.54) is 21.7 Å². The number of thiophene rings is 1. The Morgan fingerprint density at radius 1 is 1.11 bits per heavy atom. The van der Waals surface area contributed by atoms with Crippen molar-refractivity contribution in [2.24, 2.45) is 0 Å². The average molecular weight is 481 g/mol. The maximum absolute atomic E-state index is 12.7. The van der Waals surface area contributed by atoms with Crippen molar-refractivity contribution in [3.8, 4) is 0 Å². The third-order valence-electron chi connectivity index (χ3n) is 4.53. The zero-order chi connectivity index (χ0) is 19.7. The molecule has 1 amide bonds. The number of hydrogen-bond acceptors (Lipinski definition) is 5. The van der Waals surface area contributed by atoms with Gasteiger partial charge in [0.05, 0.1) is 3.79 Å². The summed E-state index contributed by atoms with van der Waals surface area (Å²) < 4.78 is 33.5. The lowest BCUT2D eigenvalue weighted by Crippen LogP contribution is -2.50. The summed E-state index contributed by atoms with van der Waals surface area (Å²) in [5.74, 6) is 0.454. The van der Waals surface area contributed by atoms with E-state index < -0.39 is 10.0 Å². The van der Waals surface area contributed by atoms with Crippen LogP contribution in [0.5, 0.6) is 0 Å². The summed E-state index contributed by atoms with van der Waals surface area (Å²) in [7, 11) is -3.51. The Morgan fingerprint density at radius 2 is 1.86 bits per heavy atom. The lowest BCUT2D eigenvalue weighted by molar-refractivity contribution is -0.127. The second-order valence-electron chi connectivity index (χ2n) is 6.31. The molecule has 1 fully saturated rings. The van der Waals surface area contributed by atoms with Gasteiger partial charge in [0, 0.05) is 37.6 Å². The first kappa shape index (κ1) is 19.4. The first-order chi connectivity index (χ1) is 13.4. The fraction of sp³-hybridized carbons (Fsp3) is 0.211. The van der Waals surface area contributed by atoms with Gasteiger partial charge in [-0.05, 0) is 46.3 Å². The maximum atomic E-state index is 12.7. The van der Waals surface area contributed by atoms with Gasteiger partial charge < -0.3 is 9.32 Å². The van der Waals surface area contributed by atoms with Gasteiger partial charge in [0.25, 0.3) is 10.0 Å². The lowest BCUT2D eigenvalue weighted by Gasteiger charge is -2.33. The van der Waals surface area contributed by atoms with E-state index in [2.05, 4.69) is 15.9 Å². The van der Waals surface area contributed by atoms with E-state index in [0.29, 0.717) is 23.1 Å². The number of rotatable bonds is 4. The number of amides is 1. The highest BCUT2D eigenvalue weighted by Gasteiger charge is 2.30. The van der Waals surface area contributed by atoms with E-state index in [1.807, 2.05) is 30.3 Å². The Hall–Kier alpha value is -1.94. The molecule has 9 heteroatoms. The van der Waals surface area contributed by atoms with Crippen LogP contribution in [0.2, 0.25) is 0 Å². The Balaban J connectivity index is 1.38. The smallest absolute Gasteiger partial charge is 0.252 e. The average Bonchev–Trinajstić information content (AvgIpc) is 3.32. The number of benzene rings is 1. The zero-order valence-corrected chi connectivity index (χ0v) is 18.0. The summed E-state index contributed by atoms with van der Waals surface area (Å²) >= 11 is 4.48. The zero-order valence-electron chi connectivity index (χ0n) is 14.7. The summed E-state index contributed by atoms with van der Waals surface area (Å²) in [5.41, 5.74) is 0.772. The lowest BCUT2D eigenvalue weighted by atomic mass is 10.2. The van der Waals surface area contributed by atoms with E-state index in [-0.39, 0.29) is 19.0 Å². The quantitative estimate of drug-likeness (QED) is 0.532. The molecule has 0 atom stereocenters. The molecule has 1 aliphatic heterocycles. The number of carbonyl (C=O) groups is 1. The molecule has 1 aliphatic rings. The van der Waals surface area contributed by atoms with Crippen molar-refractivity contribution in [1.82, 2.24) is 9.21 Å². The van der Waals surface area contributed by atoms with Crippen LogP contribution in [0.4, 0.5) is 0 Å². The molecular weight excluding hydrogens is 464 g/mol. The first-order valence-corrected chi connectivity index (χ1v) is 11.7. The number of piperazine rings is 1. The summed E-state index contributed by atoms with van der Waals surface area (Å²) in [5, 5.41) is 0.980. The third-order valence-corrected chi connectivity index (χ3v) is 8.52. The molecule has 0 spiro atoms. The Morgan fingerprint density at radius 3 is 2.54 bits per heavy atom. The van der Waals surface area contributed by atoms with Gasteiger partial charge in [0.1, 0.15) is 15.6 Å². The van der Waals surface area contributed by atoms with Crippen molar-refractivity contribution in [2.75, 3.05) is 26.2 Å². The molecule has 1 aromatic carbocycles. The second-order valence-corrected chi connectivity index (χ2v) is 10.9. The molecular formula is C19H17BrN2O4S2. The van der Waals surface area contributed by atoms with E-state index in [1.54, 1.807) is 23.1 Å². The predicted molar refractivity (Wildman–Crippen MR) is 113 cm³/mol. The van der Waals surface area contributed by atoms with Crippen LogP contribution in [0.25, 0.3) is 17.0 Å². The number of furan rings is 1. The van der Waals surface area contributed by atoms with Crippen molar-refractivity contribution in [3.63, 3.8) is 0 Å². The topological polar surface area (TPSA) is 70.8 Å². The molecule has 28 heavy (non-hydrogen) atoms. The maximum Gasteiger partial charge on any atom is 0.252 e. The number of hydrogen-bond donors (Lipinski definition) is 0. The fourth-order valence-electron chi connectivity index (χ4n) is 3.06.